The zero-order chi connectivity index (χ0) is 14.3. The van der Waals surface area contributed by atoms with Gasteiger partial charge in [0, 0.05) is 12.2 Å². The lowest BCUT2D eigenvalue weighted by Crippen LogP contribution is -2.63. The standard InChI is InChI=1S/C15H17FN2O2/c1-2-12-14(19)17-9-3-4-13(17)15(20)18(12)11-7-5-10(16)6-8-11/h5-8,12-13H,2-4,9H2,1H3. The zero-order valence-electron chi connectivity index (χ0n) is 11.4. The predicted molar refractivity (Wildman–Crippen MR) is 72.7 cm³/mol. The number of fused-ring (bicyclic) bond motifs is 1. The summed E-state index contributed by atoms with van der Waals surface area (Å²) >= 11 is 0. The Kier molecular flexibility index (Phi) is 3.20. The maximum absolute atomic E-state index is 13.0. The Balaban J connectivity index is 2.00. The van der Waals surface area contributed by atoms with Crippen LogP contribution in [-0.2, 0) is 9.59 Å². The third kappa shape index (κ3) is 1.88. The van der Waals surface area contributed by atoms with Crippen molar-refractivity contribution in [2.45, 2.75) is 38.3 Å². The van der Waals surface area contributed by atoms with E-state index in [-0.39, 0.29) is 23.7 Å². The number of piperazine rings is 1. The molecule has 0 aliphatic carbocycles. The number of hydrogen-bond acceptors (Lipinski definition) is 2. The molecule has 1 aromatic carbocycles. The molecule has 0 aromatic heterocycles. The molecule has 2 amide bonds. The van der Waals surface area contributed by atoms with Crippen LogP contribution in [0.25, 0.3) is 0 Å². The molecule has 5 heteroatoms. The molecule has 0 radical (unpaired) electrons. The van der Waals surface area contributed by atoms with Crippen LogP contribution < -0.4 is 4.90 Å². The fourth-order valence-corrected chi connectivity index (χ4v) is 3.17. The highest BCUT2D eigenvalue weighted by Gasteiger charge is 2.47. The van der Waals surface area contributed by atoms with E-state index in [1.807, 2.05) is 6.92 Å². The lowest BCUT2D eigenvalue weighted by molar-refractivity contribution is -0.144. The van der Waals surface area contributed by atoms with Gasteiger partial charge in [-0.05, 0) is 43.5 Å². The van der Waals surface area contributed by atoms with Crippen molar-refractivity contribution in [1.29, 1.82) is 0 Å². The van der Waals surface area contributed by atoms with Crippen LogP contribution in [0.2, 0.25) is 0 Å². The number of anilines is 1. The van der Waals surface area contributed by atoms with Gasteiger partial charge >= 0.3 is 0 Å². The van der Waals surface area contributed by atoms with Crippen molar-refractivity contribution < 1.29 is 14.0 Å². The molecule has 0 saturated carbocycles. The first-order valence-electron chi connectivity index (χ1n) is 7.02. The van der Waals surface area contributed by atoms with Crippen molar-refractivity contribution in [2.75, 3.05) is 11.4 Å². The molecule has 2 unspecified atom stereocenters. The topological polar surface area (TPSA) is 40.6 Å². The molecule has 1 aromatic rings. The highest BCUT2D eigenvalue weighted by Crippen LogP contribution is 2.31. The van der Waals surface area contributed by atoms with Crippen molar-refractivity contribution >= 4 is 17.5 Å². The third-order valence-corrected chi connectivity index (χ3v) is 4.15. The van der Waals surface area contributed by atoms with Crippen LogP contribution in [0.1, 0.15) is 26.2 Å². The fourth-order valence-electron chi connectivity index (χ4n) is 3.17. The van der Waals surface area contributed by atoms with Gasteiger partial charge in [0.15, 0.2) is 0 Å². The number of benzene rings is 1. The van der Waals surface area contributed by atoms with Crippen LogP contribution in [0.15, 0.2) is 24.3 Å². The van der Waals surface area contributed by atoms with E-state index < -0.39 is 6.04 Å². The van der Waals surface area contributed by atoms with Crippen LogP contribution in [0.3, 0.4) is 0 Å². The largest absolute Gasteiger partial charge is 0.329 e. The van der Waals surface area contributed by atoms with Gasteiger partial charge in [0.05, 0.1) is 0 Å². The minimum absolute atomic E-state index is 0.0129. The van der Waals surface area contributed by atoms with Crippen molar-refractivity contribution in [2.24, 2.45) is 0 Å². The lowest BCUT2D eigenvalue weighted by Gasteiger charge is -2.42. The number of amides is 2. The molecule has 2 atom stereocenters. The van der Waals surface area contributed by atoms with Crippen LogP contribution in [0.5, 0.6) is 0 Å². The highest BCUT2D eigenvalue weighted by atomic mass is 19.1. The van der Waals surface area contributed by atoms with Crippen molar-refractivity contribution in [3.8, 4) is 0 Å². The minimum Gasteiger partial charge on any atom is -0.329 e. The van der Waals surface area contributed by atoms with E-state index >= 15 is 0 Å². The number of carbonyl (C=O) groups excluding carboxylic acids is 2. The Labute approximate surface area is 117 Å². The summed E-state index contributed by atoms with van der Waals surface area (Å²) in [5.41, 5.74) is 0.600. The summed E-state index contributed by atoms with van der Waals surface area (Å²) in [5.74, 6) is -0.375. The summed E-state index contributed by atoms with van der Waals surface area (Å²) in [5, 5.41) is 0. The van der Waals surface area contributed by atoms with Crippen molar-refractivity contribution in [1.82, 2.24) is 4.90 Å². The van der Waals surface area contributed by atoms with Gasteiger partial charge in [-0.3, -0.25) is 14.5 Å². The molecule has 0 spiro atoms. The first-order chi connectivity index (χ1) is 9.63. The number of nitrogens with zero attached hydrogens (tertiary/aromatic N) is 2. The van der Waals surface area contributed by atoms with E-state index in [4.69, 9.17) is 0 Å². The minimum atomic E-state index is -0.470. The van der Waals surface area contributed by atoms with Gasteiger partial charge in [-0.25, -0.2) is 4.39 Å². The smallest absolute Gasteiger partial charge is 0.250 e. The number of rotatable bonds is 2. The second-order valence-corrected chi connectivity index (χ2v) is 5.30. The predicted octanol–water partition coefficient (Wildman–Crippen LogP) is 1.94. The summed E-state index contributed by atoms with van der Waals surface area (Å²) in [6.07, 6.45) is 2.15. The van der Waals surface area contributed by atoms with Gasteiger partial charge < -0.3 is 4.90 Å². The van der Waals surface area contributed by atoms with E-state index in [9.17, 15) is 14.0 Å². The van der Waals surface area contributed by atoms with Gasteiger partial charge in [0.25, 0.3) is 5.91 Å². The van der Waals surface area contributed by atoms with Gasteiger partial charge in [0.1, 0.15) is 17.9 Å². The number of hydrogen-bond donors (Lipinski definition) is 0. The average molecular weight is 276 g/mol. The summed E-state index contributed by atoms with van der Waals surface area (Å²) < 4.78 is 13.0. The molecule has 2 aliphatic rings. The number of carbonyl (C=O) groups is 2. The molecule has 2 aliphatic heterocycles. The van der Waals surface area contributed by atoms with E-state index in [0.29, 0.717) is 18.7 Å². The third-order valence-electron chi connectivity index (χ3n) is 4.15. The molecule has 2 fully saturated rings. The quantitative estimate of drug-likeness (QED) is 0.828. The Morgan fingerprint density at radius 1 is 1.20 bits per heavy atom. The average Bonchev–Trinajstić information content (AvgIpc) is 2.94. The van der Waals surface area contributed by atoms with E-state index in [2.05, 4.69) is 0 Å². The Morgan fingerprint density at radius 2 is 1.90 bits per heavy atom. The molecule has 2 heterocycles. The van der Waals surface area contributed by atoms with Gasteiger partial charge in [0.2, 0.25) is 5.91 Å². The second-order valence-electron chi connectivity index (χ2n) is 5.30. The molecule has 20 heavy (non-hydrogen) atoms. The summed E-state index contributed by atoms with van der Waals surface area (Å²) in [6.45, 7) is 2.56. The van der Waals surface area contributed by atoms with Gasteiger partial charge in [-0.1, -0.05) is 6.92 Å². The molecule has 3 rings (SSSR count). The van der Waals surface area contributed by atoms with Crippen molar-refractivity contribution in [3.63, 3.8) is 0 Å². The molecule has 4 nitrogen and oxygen atoms in total. The van der Waals surface area contributed by atoms with E-state index in [1.54, 1.807) is 21.9 Å². The second kappa shape index (κ2) is 4.89. The molecular formula is C15H17FN2O2. The highest BCUT2D eigenvalue weighted by molar-refractivity contribution is 6.08. The van der Waals surface area contributed by atoms with Crippen molar-refractivity contribution in [3.05, 3.63) is 30.1 Å². The maximum atomic E-state index is 13.0. The summed E-state index contributed by atoms with van der Waals surface area (Å²) in [6, 6.07) is 4.96. The molecule has 106 valence electrons. The zero-order valence-corrected chi connectivity index (χ0v) is 11.4. The van der Waals surface area contributed by atoms with Crippen LogP contribution >= 0.6 is 0 Å². The SMILES string of the molecule is CCC1C(=O)N2CCCC2C(=O)N1c1ccc(F)cc1. The Bertz CT molecular complexity index is 543. The maximum Gasteiger partial charge on any atom is 0.250 e. The van der Waals surface area contributed by atoms with Crippen LogP contribution in [-0.4, -0.2) is 35.3 Å². The van der Waals surface area contributed by atoms with Crippen LogP contribution in [0, 0.1) is 5.82 Å². The monoisotopic (exact) mass is 276 g/mol. The molecular weight excluding hydrogens is 259 g/mol. The lowest BCUT2D eigenvalue weighted by atomic mass is 10.0. The van der Waals surface area contributed by atoms with Gasteiger partial charge in [-0.15, -0.1) is 0 Å². The fraction of sp³-hybridized carbons (Fsp3) is 0.467. The summed E-state index contributed by atoms with van der Waals surface area (Å²) in [7, 11) is 0. The van der Waals surface area contributed by atoms with E-state index in [0.717, 1.165) is 12.8 Å². The first kappa shape index (κ1) is 13.1. The van der Waals surface area contributed by atoms with Gasteiger partial charge in [-0.2, -0.15) is 0 Å². The summed E-state index contributed by atoms with van der Waals surface area (Å²) in [4.78, 5) is 28.4. The Hall–Kier alpha value is -1.91. The molecule has 2 saturated heterocycles. The first-order valence-corrected chi connectivity index (χ1v) is 7.02. The van der Waals surface area contributed by atoms with E-state index in [1.165, 1.54) is 12.1 Å². The Morgan fingerprint density at radius 3 is 2.55 bits per heavy atom. The molecule has 0 bridgehead atoms. The normalized spacial score (nSPS) is 26.1. The van der Waals surface area contributed by atoms with Crippen LogP contribution in [0.4, 0.5) is 10.1 Å². The number of halogens is 1. The molecule has 0 N–H and O–H groups in total.